The molecule has 1 nitrogen and oxygen atoms in total. The third-order valence-corrected chi connectivity index (χ3v) is 1.26. The lowest BCUT2D eigenvalue weighted by Crippen LogP contribution is -1.55. The molecule has 0 N–H and O–H groups in total. The fraction of sp³-hybridized carbons (Fsp3) is 0.100. The van der Waals surface area contributed by atoms with Crippen molar-refractivity contribution in [3.8, 4) is 18.9 Å². The van der Waals surface area contributed by atoms with Crippen LogP contribution in [0.1, 0.15) is 6.92 Å². The summed E-state index contributed by atoms with van der Waals surface area (Å²) < 4.78 is 1.13. The van der Waals surface area contributed by atoms with Gasteiger partial charge in [0.25, 0.3) is 0 Å². The maximum absolute atomic E-state index is 7.32. The molecular formula is C10H10BrN. The molecular weight excluding hydrogens is 214 g/mol. The Balaban J connectivity index is 0. The SMILES string of the molecule is Brc1ccccc1.C#C.CC#N. The van der Waals surface area contributed by atoms with Crippen molar-refractivity contribution in [2.45, 2.75) is 6.92 Å². The molecule has 0 saturated carbocycles. The van der Waals surface area contributed by atoms with Crippen molar-refractivity contribution in [1.82, 2.24) is 0 Å². The number of halogens is 1. The molecule has 0 unspecified atom stereocenters. The minimum absolute atomic E-state index is 1.13. The zero-order valence-corrected chi connectivity index (χ0v) is 8.45. The fourth-order valence-corrected chi connectivity index (χ4v) is 0.720. The molecule has 0 heterocycles. The highest BCUT2D eigenvalue weighted by molar-refractivity contribution is 9.10. The number of benzene rings is 1. The van der Waals surface area contributed by atoms with Crippen molar-refractivity contribution < 1.29 is 0 Å². The van der Waals surface area contributed by atoms with Gasteiger partial charge in [0, 0.05) is 11.4 Å². The first-order valence-corrected chi connectivity index (χ1v) is 3.95. The molecule has 0 atom stereocenters. The van der Waals surface area contributed by atoms with E-state index < -0.39 is 0 Å². The van der Waals surface area contributed by atoms with Gasteiger partial charge in [0.05, 0.1) is 6.07 Å². The second kappa shape index (κ2) is 12.4. The van der Waals surface area contributed by atoms with Crippen LogP contribution in [0.2, 0.25) is 0 Å². The zero-order chi connectivity index (χ0) is 9.82. The molecule has 0 aromatic heterocycles. The van der Waals surface area contributed by atoms with Gasteiger partial charge in [0.15, 0.2) is 0 Å². The van der Waals surface area contributed by atoms with Crippen molar-refractivity contribution in [2.75, 3.05) is 0 Å². The molecule has 0 aliphatic heterocycles. The minimum atomic E-state index is 1.13. The summed E-state index contributed by atoms with van der Waals surface area (Å²) in [6.45, 7) is 1.43. The van der Waals surface area contributed by atoms with Crippen molar-refractivity contribution in [3.63, 3.8) is 0 Å². The third kappa shape index (κ3) is 11.5. The topological polar surface area (TPSA) is 23.8 Å². The standard InChI is InChI=1S/C6H5Br.C2H3N.C2H2/c7-6-4-2-1-3-5-6;1-2-3;1-2/h1-5H;1H3;1-2H. The summed E-state index contributed by atoms with van der Waals surface area (Å²) in [5.74, 6) is 0. The van der Waals surface area contributed by atoms with Gasteiger partial charge < -0.3 is 0 Å². The molecule has 62 valence electrons. The summed E-state index contributed by atoms with van der Waals surface area (Å²) in [4.78, 5) is 0. The normalized spacial score (nSPS) is 5.92. The van der Waals surface area contributed by atoms with Crippen LogP contribution in [-0.2, 0) is 0 Å². The first-order chi connectivity index (χ1) is 5.81. The first-order valence-electron chi connectivity index (χ1n) is 3.16. The maximum atomic E-state index is 7.32. The summed E-state index contributed by atoms with van der Waals surface area (Å²) in [6, 6.07) is 11.7. The van der Waals surface area contributed by atoms with E-state index in [2.05, 4.69) is 28.8 Å². The Morgan fingerprint density at radius 1 is 1.25 bits per heavy atom. The van der Waals surface area contributed by atoms with Crippen molar-refractivity contribution in [1.29, 1.82) is 5.26 Å². The van der Waals surface area contributed by atoms with Gasteiger partial charge in [-0.2, -0.15) is 5.26 Å². The number of nitriles is 1. The molecule has 12 heavy (non-hydrogen) atoms. The van der Waals surface area contributed by atoms with E-state index in [1.54, 1.807) is 6.07 Å². The van der Waals surface area contributed by atoms with E-state index in [0.717, 1.165) is 4.47 Å². The predicted molar refractivity (Wildman–Crippen MR) is 55.3 cm³/mol. The van der Waals surface area contributed by atoms with Gasteiger partial charge in [-0.3, -0.25) is 0 Å². The van der Waals surface area contributed by atoms with E-state index in [9.17, 15) is 0 Å². The molecule has 1 rings (SSSR count). The number of hydrogen-bond acceptors (Lipinski definition) is 1. The van der Waals surface area contributed by atoms with Crippen LogP contribution in [-0.4, -0.2) is 0 Å². The molecule has 0 radical (unpaired) electrons. The van der Waals surface area contributed by atoms with Crippen LogP contribution < -0.4 is 0 Å². The summed E-state index contributed by atoms with van der Waals surface area (Å²) in [5, 5.41) is 7.32. The molecule has 0 bridgehead atoms. The Hall–Kier alpha value is -1.25. The lowest BCUT2D eigenvalue weighted by molar-refractivity contribution is 1.49. The number of nitrogens with zero attached hydrogens (tertiary/aromatic N) is 1. The fourth-order valence-electron chi connectivity index (χ4n) is 0.415. The Morgan fingerprint density at radius 2 is 1.58 bits per heavy atom. The Kier molecular flexibility index (Phi) is 13.8. The minimum Gasteiger partial charge on any atom is -0.199 e. The van der Waals surface area contributed by atoms with Crippen LogP contribution in [0.25, 0.3) is 0 Å². The summed E-state index contributed by atoms with van der Waals surface area (Å²) >= 11 is 3.31. The van der Waals surface area contributed by atoms with Crippen LogP contribution in [0.3, 0.4) is 0 Å². The number of rotatable bonds is 0. The molecule has 0 saturated heterocycles. The van der Waals surface area contributed by atoms with Crippen LogP contribution in [0, 0.1) is 24.2 Å². The smallest absolute Gasteiger partial charge is 0.0587 e. The predicted octanol–water partition coefficient (Wildman–Crippen LogP) is 3.23. The van der Waals surface area contributed by atoms with Gasteiger partial charge in [-0.05, 0) is 12.1 Å². The largest absolute Gasteiger partial charge is 0.199 e. The quantitative estimate of drug-likeness (QED) is 0.620. The van der Waals surface area contributed by atoms with Crippen molar-refractivity contribution >= 4 is 15.9 Å². The zero-order valence-electron chi connectivity index (χ0n) is 6.87. The van der Waals surface area contributed by atoms with Crippen LogP contribution in [0.5, 0.6) is 0 Å². The molecule has 0 fully saturated rings. The molecule has 0 aliphatic rings. The summed E-state index contributed by atoms with van der Waals surface area (Å²) in [7, 11) is 0. The van der Waals surface area contributed by atoms with E-state index in [-0.39, 0.29) is 0 Å². The highest BCUT2D eigenvalue weighted by Gasteiger charge is 1.74. The molecule has 0 spiro atoms. The van der Waals surface area contributed by atoms with E-state index in [1.165, 1.54) is 6.92 Å². The Morgan fingerprint density at radius 3 is 1.75 bits per heavy atom. The van der Waals surface area contributed by atoms with E-state index >= 15 is 0 Å². The van der Waals surface area contributed by atoms with Crippen LogP contribution in [0.4, 0.5) is 0 Å². The Labute approximate surface area is 82.2 Å². The molecule has 1 aromatic carbocycles. The van der Waals surface area contributed by atoms with Gasteiger partial charge in [-0.25, -0.2) is 0 Å². The van der Waals surface area contributed by atoms with Gasteiger partial charge in [-0.15, -0.1) is 12.8 Å². The number of terminal acetylenes is 1. The average Bonchev–Trinajstić information content (AvgIpc) is 2.11. The molecule has 0 aliphatic carbocycles. The second-order valence-corrected chi connectivity index (χ2v) is 2.43. The summed E-state index contributed by atoms with van der Waals surface area (Å²) in [6.07, 6.45) is 8.00. The maximum Gasteiger partial charge on any atom is 0.0587 e. The van der Waals surface area contributed by atoms with Gasteiger partial charge in [0.2, 0.25) is 0 Å². The van der Waals surface area contributed by atoms with Crippen molar-refractivity contribution in [3.05, 3.63) is 34.8 Å². The first kappa shape index (κ1) is 13.3. The van der Waals surface area contributed by atoms with Crippen LogP contribution in [0.15, 0.2) is 34.8 Å². The molecule has 2 heteroatoms. The van der Waals surface area contributed by atoms with E-state index in [0.29, 0.717) is 0 Å². The van der Waals surface area contributed by atoms with Gasteiger partial charge >= 0.3 is 0 Å². The third-order valence-electron chi connectivity index (χ3n) is 0.733. The number of hydrogen-bond donors (Lipinski definition) is 0. The van der Waals surface area contributed by atoms with E-state index in [1.807, 2.05) is 30.3 Å². The average molecular weight is 224 g/mol. The lowest BCUT2D eigenvalue weighted by atomic mass is 10.4. The van der Waals surface area contributed by atoms with Crippen molar-refractivity contribution in [2.24, 2.45) is 0 Å². The second-order valence-electron chi connectivity index (χ2n) is 1.52. The van der Waals surface area contributed by atoms with Gasteiger partial charge in [0.1, 0.15) is 0 Å². The highest BCUT2D eigenvalue weighted by Crippen LogP contribution is 2.05. The molecule has 0 amide bonds. The monoisotopic (exact) mass is 223 g/mol. The Bertz CT molecular complexity index is 233. The summed E-state index contributed by atoms with van der Waals surface area (Å²) in [5.41, 5.74) is 0. The highest BCUT2D eigenvalue weighted by atomic mass is 79.9. The van der Waals surface area contributed by atoms with Crippen LogP contribution >= 0.6 is 15.9 Å². The molecule has 1 aromatic rings. The van der Waals surface area contributed by atoms with Gasteiger partial charge in [-0.1, -0.05) is 34.1 Å². The lowest BCUT2D eigenvalue weighted by Gasteiger charge is -1.80. The van der Waals surface area contributed by atoms with E-state index in [4.69, 9.17) is 5.26 Å².